The van der Waals surface area contributed by atoms with Gasteiger partial charge in [0.1, 0.15) is 5.82 Å². The number of aryl methyl sites for hydroxylation is 1. The van der Waals surface area contributed by atoms with Crippen LogP contribution in [0.4, 0.5) is 4.39 Å². The number of aromatic nitrogens is 1. The van der Waals surface area contributed by atoms with Crippen molar-refractivity contribution in [3.05, 3.63) is 70.7 Å². The molecule has 1 atom stereocenters. The molecule has 0 aliphatic carbocycles. The number of aliphatic carboxylic acids is 1. The molecule has 1 aliphatic heterocycles. The summed E-state index contributed by atoms with van der Waals surface area (Å²) < 4.78 is 15.4. The van der Waals surface area contributed by atoms with Crippen molar-refractivity contribution in [2.45, 2.75) is 32.4 Å². The number of fused-ring (bicyclic) bond motifs is 3. The topological polar surface area (TPSA) is 45.5 Å². The first kappa shape index (κ1) is 17.7. The summed E-state index contributed by atoms with van der Waals surface area (Å²) in [5, 5.41) is 11.0. The molecule has 140 valence electrons. The SMILES string of the molecule is Cc1ccc2c(c1)c1c(n2CC(C(=O)O)c2ccc(F)cc2)CCN(C)C1. The van der Waals surface area contributed by atoms with Gasteiger partial charge in [0.15, 0.2) is 0 Å². The third-order valence-electron chi connectivity index (χ3n) is 5.54. The van der Waals surface area contributed by atoms with Crippen molar-refractivity contribution in [2.24, 2.45) is 0 Å². The summed E-state index contributed by atoms with van der Waals surface area (Å²) in [6, 6.07) is 12.2. The van der Waals surface area contributed by atoms with Crippen molar-refractivity contribution >= 4 is 16.9 Å². The lowest BCUT2D eigenvalue weighted by molar-refractivity contribution is -0.139. The van der Waals surface area contributed by atoms with Crippen molar-refractivity contribution in [2.75, 3.05) is 13.6 Å². The zero-order valence-electron chi connectivity index (χ0n) is 15.6. The molecule has 0 bridgehead atoms. The van der Waals surface area contributed by atoms with Crippen LogP contribution in [0.25, 0.3) is 10.9 Å². The maximum Gasteiger partial charge on any atom is 0.312 e. The van der Waals surface area contributed by atoms with Gasteiger partial charge in [-0.05, 0) is 49.4 Å². The maximum atomic E-state index is 13.3. The van der Waals surface area contributed by atoms with E-state index < -0.39 is 11.9 Å². The molecule has 0 spiro atoms. The van der Waals surface area contributed by atoms with Crippen LogP contribution >= 0.6 is 0 Å². The molecular weight excluding hydrogens is 343 g/mol. The first-order valence-corrected chi connectivity index (χ1v) is 9.21. The maximum absolute atomic E-state index is 13.3. The van der Waals surface area contributed by atoms with Gasteiger partial charge in [-0.25, -0.2) is 4.39 Å². The fourth-order valence-electron chi connectivity index (χ4n) is 4.11. The average Bonchev–Trinajstić information content (AvgIpc) is 2.92. The van der Waals surface area contributed by atoms with Crippen LogP contribution in [-0.4, -0.2) is 34.1 Å². The van der Waals surface area contributed by atoms with Crippen molar-refractivity contribution in [3.63, 3.8) is 0 Å². The van der Waals surface area contributed by atoms with E-state index in [1.54, 1.807) is 12.1 Å². The number of hydrogen-bond acceptors (Lipinski definition) is 2. The fraction of sp³-hybridized carbons (Fsp3) is 0.318. The highest BCUT2D eigenvalue weighted by molar-refractivity contribution is 5.87. The molecule has 1 N–H and O–H groups in total. The van der Waals surface area contributed by atoms with E-state index in [-0.39, 0.29) is 5.82 Å². The normalized spacial score (nSPS) is 15.7. The van der Waals surface area contributed by atoms with Crippen LogP contribution < -0.4 is 0 Å². The quantitative estimate of drug-likeness (QED) is 0.761. The molecule has 4 nitrogen and oxygen atoms in total. The van der Waals surface area contributed by atoms with Gasteiger partial charge in [-0.3, -0.25) is 4.79 Å². The molecular formula is C22H23FN2O2. The zero-order chi connectivity index (χ0) is 19.1. The van der Waals surface area contributed by atoms with E-state index in [1.807, 2.05) is 0 Å². The minimum atomic E-state index is -0.891. The van der Waals surface area contributed by atoms with Gasteiger partial charge in [-0.15, -0.1) is 0 Å². The van der Waals surface area contributed by atoms with Gasteiger partial charge in [-0.1, -0.05) is 23.8 Å². The summed E-state index contributed by atoms with van der Waals surface area (Å²) in [4.78, 5) is 14.3. The smallest absolute Gasteiger partial charge is 0.312 e. The summed E-state index contributed by atoms with van der Waals surface area (Å²) in [6.45, 7) is 4.25. The lowest BCUT2D eigenvalue weighted by atomic mass is 9.98. The predicted octanol–water partition coefficient (Wildman–Crippen LogP) is 3.95. The molecule has 0 saturated heterocycles. The Balaban J connectivity index is 1.83. The Morgan fingerprint density at radius 2 is 1.96 bits per heavy atom. The Hall–Kier alpha value is -2.66. The Morgan fingerprint density at radius 1 is 1.22 bits per heavy atom. The van der Waals surface area contributed by atoms with Crippen molar-refractivity contribution in [1.29, 1.82) is 0 Å². The number of carboxylic acids is 1. The lowest BCUT2D eigenvalue weighted by Gasteiger charge is -2.25. The number of carbonyl (C=O) groups is 1. The van der Waals surface area contributed by atoms with Gasteiger partial charge in [-0.2, -0.15) is 0 Å². The highest BCUT2D eigenvalue weighted by Crippen LogP contribution is 2.33. The van der Waals surface area contributed by atoms with Gasteiger partial charge < -0.3 is 14.6 Å². The van der Waals surface area contributed by atoms with E-state index in [9.17, 15) is 14.3 Å². The number of benzene rings is 2. The third-order valence-corrected chi connectivity index (χ3v) is 5.54. The number of halogens is 1. The minimum Gasteiger partial charge on any atom is -0.481 e. The van der Waals surface area contributed by atoms with E-state index in [1.165, 1.54) is 34.3 Å². The summed E-state index contributed by atoms with van der Waals surface area (Å²) in [6.07, 6.45) is 0.898. The number of hydrogen-bond donors (Lipinski definition) is 1. The Kier molecular flexibility index (Phi) is 4.48. The van der Waals surface area contributed by atoms with Crippen LogP contribution in [-0.2, 0) is 24.3 Å². The van der Waals surface area contributed by atoms with Crippen LogP contribution in [0.2, 0.25) is 0 Å². The second-order valence-electron chi connectivity index (χ2n) is 7.49. The standard InChI is InChI=1S/C22H23FN2O2/c1-14-3-8-20-17(11-14)19-12-24(2)10-9-21(19)25(20)13-18(22(26)27)15-4-6-16(23)7-5-15/h3-8,11,18H,9-10,12-13H2,1-2H3,(H,26,27). The molecule has 2 aromatic carbocycles. The largest absolute Gasteiger partial charge is 0.481 e. The molecule has 1 aliphatic rings. The number of rotatable bonds is 4. The van der Waals surface area contributed by atoms with E-state index in [4.69, 9.17) is 0 Å². The van der Waals surface area contributed by atoms with Crippen LogP contribution in [0, 0.1) is 12.7 Å². The number of carboxylic acid groups (broad SMARTS) is 1. The molecule has 3 aromatic rings. The van der Waals surface area contributed by atoms with E-state index in [2.05, 4.69) is 41.6 Å². The summed E-state index contributed by atoms with van der Waals surface area (Å²) >= 11 is 0. The van der Waals surface area contributed by atoms with E-state index >= 15 is 0 Å². The average molecular weight is 366 g/mol. The number of nitrogens with zero attached hydrogens (tertiary/aromatic N) is 2. The van der Waals surface area contributed by atoms with Crippen LogP contribution in [0.5, 0.6) is 0 Å². The van der Waals surface area contributed by atoms with Gasteiger partial charge in [0, 0.05) is 42.7 Å². The molecule has 1 unspecified atom stereocenters. The molecule has 4 rings (SSSR count). The summed E-state index contributed by atoms with van der Waals surface area (Å²) in [5.74, 6) is -1.96. The van der Waals surface area contributed by atoms with E-state index in [0.717, 1.165) is 25.0 Å². The molecule has 0 amide bonds. The Bertz CT molecular complexity index is 1010. The van der Waals surface area contributed by atoms with Gasteiger partial charge in [0.2, 0.25) is 0 Å². The van der Waals surface area contributed by atoms with E-state index in [0.29, 0.717) is 12.1 Å². The second kappa shape index (κ2) is 6.82. The van der Waals surface area contributed by atoms with Crippen molar-refractivity contribution in [1.82, 2.24) is 9.47 Å². The fourth-order valence-corrected chi connectivity index (χ4v) is 4.11. The number of likely N-dealkylation sites (N-methyl/N-ethyl adjacent to an activating group) is 1. The first-order chi connectivity index (χ1) is 12.9. The molecule has 1 aromatic heterocycles. The summed E-state index contributed by atoms with van der Waals surface area (Å²) in [7, 11) is 2.11. The first-order valence-electron chi connectivity index (χ1n) is 9.21. The molecule has 0 saturated carbocycles. The van der Waals surface area contributed by atoms with Crippen LogP contribution in [0.15, 0.2) is 42.5 Å². The van der Waals surface area contributed by atoms with Gasteiger partial charge in [0.05, 0.1) is 5.92 Å². The van der Waals surface area contributed by atoms with Gasteiger partial charge in [0.25, 0.3) is 0 Å². The van der Waals surface area contributed by atoms with Crippen molar-refractivity contribution in [3.8, 4) is 0 Å². The van der Waals surface area contributed by atoms with Crippen LogP contribution in [0.1, 0.15) is 28.3 Å². The molecule has 2 heterocycles. The molecule has 0 fully saturated rings. The third kappa shape index (κ3) is 3.23. The lowest BCUT2D eigenvalue weighted by Crippen LogP contribution is -2.28. The molecule has 5 heteroatoms. The predicted molar refractivity (Wildman–Crippen MR) is 103 cm³/mol. The Morgan fingerprint density at radius 3 is 2.67 bits per heavy atom. The zero-order valence-corrected chi connectivity index (χ0v) is 15.6. The van der Waals surface area contributed by atoms with Gasteiger partial charge >= 0.3 is 5.97 Å². The van der Waals surface area contributed by atoms with Crippen LogP contribution in [0.3, 0.4) is 0 Å². The minimum absolute atomic E-state index is 0.347. The molecule has 27 heavy (non-hydrogen) atoms. The monoisotopic (exact) mass is 366 g/mol. The molecule has 0 radical (unpaired) electrons. The Labute approximate surface area is 157 Å². The highest BCUT2D eigenvalue weighted by atomic mass is 19.1. The second-order valence-corrected chi connectivity index (χ2v) is 7.49. The highest BCUT2D eigenvalue weighted by Gasteiger charge is 2.27. The van der Waals surface area contributed by atoms with Crippen molar-refractivity contribution < 1.29 is 14.3 Å². The summed E-state index contributed by atoms with van der Waals surface area (Å²) in [5.41, 5.74) is 5.42.